The summed E-state index contributed by atoms with van der Waals surface area (Å²) < 4.78 is 15.2. The molecule has 0 radical (unpaired) electrons. The van der Waals surface area contributed by atoms with Gasteiger partial charge < -0.3 is 10.0 Å². The van der Waals surface area contributed by atoms with Crippen molar-refractivity contribution < 1.29 is 14.4 Å². The van der Waals surface area contributed by atoms with Crippen LogP contribution in [0.25, 0.3) is 0 Å². The first-order valence-electron chi connectivity index (χ1n) is 8.09. The van der Waals surface area contributed by atoms with Gasteiger partial charge in [0.15, 0.2) is 0 Å². The first kappa shape index (κ1) is 17.3. The van der Waals surface area contributed by atoms with Crippen LogP contribution in [0, 0.1) is 15.9 Å². The van der Waals surface area contributed by atoms with E-state index in [2.05, 4.69) is 10.00 Å². The van der Waals surface area contributed by atoms with Crippen molar-refractivity contribution in [3.8, 4) is 0 Å². The number of nitrogens with zero attached hydrogens (tertiary/aromatic N) is 5. The standard InChI is InChI=1S/C16H20FN5O3/c17-15-3-1-2-4-16(15)20-7-5-19(6-8-20)11-14(23)12-21-10-13(9-18-21)22(24)25/h1-4,9-10,14,23H,5-8,11-12H2. The van der Waals surface area contributed by atoms with Gasteiger partial charge in [-0.15, -0.1) is 0 Å². The number of aliphatic hydroxyl groups excluding tert-OH is 1. The van der Waals surface area contributed by atoms with Crippen molar-refractivity contribution in [3.05, 3.63) is 52.6 Å². The number of benzene rings is 1. The molecule has 1 aliphatic heterocycles. The normalized spacial score (nSPS) is 16.8. The van der Waals surface area contributed by atoms with Crippen LogP contribution < -0.4 is 4.90 Å². The Labute approximate surface area is 144 Å². The van der Waals surface area contributed by atoms with Gasteiger partial charge in [0.2, 0.25) is 0 Å². The molecular weight excluding hydrogens is 329 g/mol. The van der Waals surface area contributed by atoms with Crippen molar-refractivity contribution in [2.24, 2.45) is 0 Å². The van der Waals surface area contributed by atoms with E-state index in [0.717, 1.165) is 0 Å². The van der Waals surface area contributed by atoms with Crippen LogP contribution in [0.5, 0.6) is 0 Å². The van der Waals surface area contributed by atoms with E-state index < -0.39 is 11.0 Å². The van der Waals surface area contributed by atoms with E-state index in [1.807, 2.05) is 11.0 Å². The van der Waals surface area contributed by atoms with Crippen molar-refractivity contribution >= 4 is 11.4 Å². The van der Waals surface area contributed by atoms with Gasteiger partial charge in [0.05, 0.1) is 23.3 Å². The molecule has 8 nitrogen and oxygen atoms in total. The Bertz CT molecular complexity index is 730. The summed E-state index contributed by atoms with van der Waals surface area (Å²) in [7, 11) is 0. The van der Waals surface area contributed by atoms with Crippen molar-refractivity contribution in [1.29, 1.82) is 0 Å². The fourth-order valence-electron chi connectivity index (χ4n) is 3.00. The highest BCUT2D eigenvalue weighted by molar-refractivity contribution is 5.47. The fraction of sp³-hybridized carbons (Fsp3) is 0.438. The van der Waals surface area contributed by atoms with Crippen LogP contribution in [0.15, 0.2) is 36.7 Å². The number of aliphatic hydroxyl groups is 1. The quantitative estimate of drug-likeness (QED) is 0.621. The maximum Gasteiger partial charge on any atom is 0.306 e. The molecule has 0 amide bonds. The molecule has 0 saturated carbocycles. The summed E-state index contributed by atoms with van der Waals surface area (Å²) in [5.41, 5.74) is 0.511. The summed E-state index contributed by atoms with van der Waals surface area (Å²) in [6.45, 7) is 3.43. The summed E-state index contributed by atoms with van der Waals surface area (Å²) in [6, 6.07) is 6.71. The van der Waals surface area contributed by atoms with Crippen LogP contribution in [0.2, 0.25) is 0 Å². The van der Waals surface area contributed by atoms with Crippen molar-refractivity contribution in [1.82, 2.24) is 14.7 Å². The third-order valence-corrected chi connectivity index (χ3v) is 4.26. The van der Waals surface area contributed by atoms with Gasteiger partial charge in [0.25, 0.3) is 0 Å². The molecule has 2 heterocycles. The number of β-amino-alcohol motifs (C(OH)–C–C–N with tert-alkyl or cyclic N) is 1. The lowest BCUT2D eigenvalue weighted by Gasteiger charge is -2.37. The Morgan fingerprint density at radius 2 is 1.96 bits per heavy atom. The maximum absolute atomic E-state index is 13.8. The summed E-state index contributed by atoms with van der Waals surface area (Å²) in [4.78, 5) is 14.2. The monoisotopic (exact) mass is 349 g/mol. The molecule has 1 aliphatic rings. The summed E-state index contributed by atoms with van der Waals surface area (Å²) in [6.07, 6.45) is 1.79. The number of nitro groups is 1. The molecule has 134 valence electrons. The zero-order valence-corrected chi connectivity index (χ0v) is 13.7. The smallest absolute Gasteiger partial charge is 0.306 e. The van der Waals surface area contributed by atoms with Gasteiger partial charge in [-0.3, -0.25) is 19.7 Å². The van der Waals surface area contributed by atoms with E-state index in [-0.39, 0.29) is 18.0 Å². The first-order chi connectivity index (χ1) is 12.0. The number of para-hydroxylation sites is 1. The largest absolute Gasteiger partial charge is 0.390 e. The van der Waals surface area contributed by atoms with Gasteiger partial charge in [-0.25, -0.2) is 4.39 Å². The number of hydrogen-bond acceptors (Lipinski definition) is 6. The molecule has 0 spiro atoms. The predicted molar refractivity (Wildman–Crippen MR) is 89.9 cm³/mol. The van der Waals surface area contributed by atoms with Gasteiger partial charge in [-0.05, 0) is 12.1 Å². The van der Waals surface area contributed by atoms with Crippen LogP contribution in [0.1, 0.15) is 0 Å². The summed E-state index contributed by atoms with van der Waals surface area (Å²) in [5, 5.41) is 24.7. The van der Waals surface area contributed by atoms with Gasteiger partial charge in [0, 0.05) is 32.7 Å². The Morgan fingerprint density at radius 1 is 1.24 bits per heavy atom. The Hall–Kier alpha value is -2.52. The Morgan fingerprint density at radius 3 is 2.60 bits per heavy atom. The molecule has 0 bridgehead atoms. The Balaban J connectivity index is 1.48. The van der Waals surface area contributed by atoms with Gasteiger partial charge in [0.1, 0.15) is 18.2 Å². The third kappa shape index (κ3) is 4.31. The minimum Gasteiger partial charge on any atom is -0.390 e. The minimum atomic E-state index is -0.681. The second kappa shape index (κ2) is 7.58. The molecule has 1 atom stereocenters. The van der Waals surface area contributed by atoms with E-state index in [0.29, 0.717) is 38.4 Å². The van der Waals surface area contributed by atoms with Crippen LogP contribution in [-0.2, 0) is 6.54 Å². The van der Waals surface area contributed by atoms with Gasteiger partial charge >= 0.3 is 5.69 Å². The molecule has 1 aromatic carbocycles. The number of anilines is 1. The van der Waals surface area contributed by atoms with Crippen LogP contribution in [0.4, 0.5) is 15.8 Å². The molecular formula is C16H20FN5O3. The van der Waals surface area contributed by atoms with Crippen molar-refractivity contribution in [3.63, 3.8) is 0 Å². The number of halogens is 1. The summed E-state index contributed by atoms with van der Waals surface area (Å²) in [5.74, 6) is -0.226. The summed E-state index contributed by atoms with van der Waals surface area (Å²) >= 11 is 0. The number of hydrogen-bond donors (Lipinski definition) is 1. The van der Waals surface area contributed by atoms with Crippen molar-refractivity contribution in [2.75, 3.05) is 37.6 Å². The molecule has 1 unspecified atom stereocenters. The predicted octanol–water partition coefficient (Wildman–Crippen LogP) is 1.11. The molecule has 3 rings (SSSR count). The molecule has 2 aromatic rings. The second-order valence-electron chi connectivity index (χ2n) is 6.07. The van der Waals surface area contributed by atoms with E-state index in [1.54, 1.807) is 12.1 Å². The van der Waals surface area contributed by atoms with E-state index in [4.69, 9.17) is 0 Å². The first-order valence-corrected chi connectivity index (χ1v) is 8.09. The van der Waals surface area contributed by atoms with E-state index in [9.17, 15) is 19.6 Å². The highest BCUT2D eigenvalue weighted by atomic mass is 19.1. The SMILES string of the molecule is O=[N+]([O-])c1cnn(CC(O)CN2CCN(c3ccccc3F)CC2)c1. The number of piperazine rings is 1. The fourth-order valence-corrected chi connectivity index (χ4v) is 3.00. The van der Waals surface area contributed by atoms with E-state index >= 15 is 0 Å². The average Bonchev–Trinajstić information content (AvgIpc) is 3.05. The van der Waals surface area contributed by atoms with Gasteiger partial charge in [-0.1, -0.05) is 12.1 Å². The molecule has 1 fully saturated rings. The van der Waals surface area contributed by atoms with E-state index in [1.165, 1.54) is 23.1 Å². The average molecular weight is 349 g/mol. The van der Waals surface area contributed by atoms with Crippen LogP contribution in [-0.4, -0.2) is 63.5 Å². The lowest BCUT2D eigenvalue weighted by Crippen LogP contribution is -2.49. The topological polar surface area (TPSA) is 87.7 Å². The zero-order valence-electron chi connectivity index (χ0n) is 13.7. The Kier molecular flexibility index (Phi) is 5.25. The second-order valence-corrected chi connectivity index (χ2v) is 6.07. The molecule has 1 N–H and O–H groups in total. The molecule has 9 heteroatoms. The van der Waals surface area contributed by atoms with Crippen LogP contribution >= 0.6 is 0 Å². The minimum absolute atomic E-state index is 0.0919. The molecule has 1 aromatic heterocycles. The third-order valence-electron chi connectivity index (χ3n) is 4.26. The lowest BCUT2D eigenvalue weighted by atomic mass is 10.2. The van der Waals surface area contributed by atoms with Gasteiger partial charge in [-0.2, -0.15) is 5.10 Å². The highest BCUT2D eigenvalue weighted by Gasteiger charge is 2.21. The highest BCUT2D eigenvalue weighted by Crippen LogP contribution is 2.20. The zero-order chi connectivity index (χ0) is 17.8. The number of aromatic nitrogens is 2. The van der Waals surface area contributed by atoms with Crippen molar-refractivity contribution in [2.45, 2.75) is 12.6 Å². The van der Waals surface area contributed by atoms with Crippen LogP contribution in [0.3, 0.4) is 0 Å². The molecule has 0 aliphatic carbocycles. The maximum atomic E-state index is 13.8. The lowest BCUT2D eigenvalue weighted by molar-refractivity contribution is -0.385. The number of rotatable bonds is 6. The molecule has 25 heavy (non-hydrogen) atoms. The molecule has 1 saturated heterocycles.